The van der Waals surface area contributed by atoms with Crippen molar-refractivity contribution in [3.63, 3.8) is 0 Å². The highest BCUT2D eigenvalue weighted by Crippen LogP contribution is 2.21. The third kappa shape index (κ3) is 1.09. The standard InChI is InChI=1S/C11H11NO2/c1-7-6-9-8(11(13)14)4-3-5-10(9)12(7)2/h3-6H,1-2H3,(H,13,14). The van der Waals surface area contributed by atoms with Gasteiger partial charge in [0.25, 0.3) is 0 Å². The van der Waals surface area contributed by atoms with Crippen LogP contribution in [0, 0.1) is 6.92 Å². The van der Waals surface area contributed by atoms with Crippen LogP contribution in [0.5, 0.6) is 0 Å². The summed E-state index contributed by atoms with van der Waals surface area (Å²) in [7, 11) is 1.93. The molecule has 0 saturated carbocycles. The largest absolute Gasteiger partial charge is 0.478 e. The Morgan fingerprint density at radius 3 is 2.79 bits per heavy atom. The normalized spacial score (nSPS) is 10.7. The Kier molecular flexibility index (Phi) is 1.81. The van der Waals surface area contributed by atoms with Gasteiger partial charge in [-0.25, -0.2) is 4.79 Å². The molecular formula is C11H11NO2. The molecule has 0 unspecified atom stereocenters. The van der Waals surface area contributed by atoms with Crippen molar-refractivity contribution < 1.29 is 9.90 Å². The molecule has 0 radical (unpaired) electrons. The zero-order chi connectivity index (χ0) is 10.3. The van der Waals surface area contributed by atoms with E-state index in [4.69, 9.17) is 5.11 Å². The lowest BCUT2D eigenvalue weighted by atomic mass is 10.1. The molecule has 0 amide bonds. The number of hydrogen-bond donors (Lipinski definition) is 1. The number of hydrogen-bond acceptors (Lipinski definition) is 1. The summed E-state index contributed by atoms with van der Waals surface area (Å²) in [6.45, 7) is 1.96. The van der Waals surface area contributed by atoms with E-state index in [1.807, 2.05) is 30.7 Å². The van der Waals surface area contributed by atoms with Crippen molar-refractivity contribution in [2.75, 3.05) is 0 Å². The van der Waals surface area contributed by atoms with Crippen molar-refractivity contribution in [1.82, 2.24) is 4.57 Å². The first kappa shape index (κ1) is 8.81. The molecule has 1 N–H and O–H groups in total. The lowest BCUT2D eigenvalue weighted by Gasteiger charge is -1.99. The van der Waals surface area contributed by atoms with Crippen LogP contribution in [0.2, 0.25) is 0 Å². The molecule has 0 spiro atoms. The third-order valence-corrected chi connectivity index (χ3v) is 2.56. The molecular weight excluding hydrogens is 178 g/mol. The van der Waals surface area contributed by atoms with Gasteiger partial charge >= 0.3 is 5.97 Å². The summed E-state index contributed by atoms with van der Waals surface area (Å²) in [5.41, 5.74) is 2.39. The van der Waals surface area contributed by atoms with Crippen molar-refractivity contribution >= 4 is 16.9 Å². The van der Waals surface area contributed by atoms with E-state index in [1.165, 1.54) is 0 Å². The topological polar surface area (TPSA) is 42.2 Å². The number of aryl methyl sites for hydroxylation is 2. The molecule has 0 aliphatic carbocycles. The SMILES string of the molecule is Cc1cc2c(C(=O)O)cccc2n1C. The van der Waals surface area contributed by atoms with Gasteiger partial charge in [0.05, 0.1) is 5.56 Å². The minimum atomic E-state index is -0.874. The second-order valence-corrected chi connectivity index (χ2v) is 3.39. The third-order valence-electron chi connectivity index (χ3n) is 2.56. The van der Waals surface area contributed by atoms with Crippen LogP contribution < -0.4 is 0 Å². The number of aromatic nitrogens is 1. The minimum Gasteiger partial charge on any atom is -0.478 e. The Hall–Kier alpha value is -1.77. The second-order valence-electron chi connectivity index (χ2n) is 3.39. The maximum absolute atomic E-state index is 10.9. The molecule has 0 saturated heterocycles. The van der Waals surface area contributed by atoms with Crippen molar-refractivity contribution in [1.29, 1.82) is 0 Å². The first-order valence-corrected chi connectivity index (χ1v) is 4.39. The predicted octanol–water partition coefficient (Wildman–Crippen LogP) is 2.18. The van der Waals surface area contributed by atoms with E-state index in [0.29, 0.717) is 5.56 Å². The fraction of sp³-hybridized carbons (Fsp3) is 0.182. The van der Waals surface area contributed by atoms with Crippen molar-refractivity contribution in [3.8, 4) is 0 Å². The highest BCUT2D eigenvalue weighted by Gasteiger charge is 2.10. The highest BCUT2D eigenvalue weighted by atomic mass is 16.4. The lowest BCUT2D eigenvalue weighted by Crippen LogP contribution is -1.96. The average Bonchev–Trinajstić information content (AvgIpc) is 2.43. The molecule has 2 aromatic rings. The Morgan fingerprint density at radius 1 is 1.43 bits per heavy atom. The summed E-state index contributed by atoms with van der Waals surface area (Å²) in [6, 6.07) is 7.23. The van der Waals surface area contributed by atoms with Gasteiger partial charge in [0, 0.05) is 23.6 Å². The van der Waals surface area contributed by atoms with E-state index in [9.17, 15) is 4.79 Å². The highest BCUT2D eigenvalue weighted by molar-refractivity contribution is 6.03. The van der Waals surface area contributed by atoms with E-state index in [0.717, 1.165) is 16.6 Å². The number of carbonyl (C=O) groups is 1. The fourth-order valence-electron chi connectivity index (χ4n) is 1.68. The van der Waals surface area contributed by atoms with E-state index >= 15 is 0 Å². The molecule has 0 atom stereocenters. The molecule has 1 heterocycles. The Labute approximate surface area is 81.6 Å². The fourth-order valence-corrected chi connectivity index (χ4v) is 1.68. The van der Waals surface area contributed by atoms with Crippen LogP contribution in [0.25, 0.3) is 10.9 Å². The van der Waals surface area contributed by atoms with Gasteiger partial charge in [0.15, 0.2) is 0 Å². The number of carboxylic acid groups (broad SMARTS) is 1. The zero-order valence-corrected chi connectivity index (χ0v) is 8.11. The maximum atomic E-state index is 10.9. The minimum absolute atomic E-state index is 0.367. The van der Waals surface area contributed by atoms with Crippen LogP contribution >= 0.6 is 0 Å². The number of carboxylic acids is 1. The number of benzene rings is 1. The molecule has 0 fully saturated rings. The molecule has 72 valence electrons. The zero-order valence-electron chi connectivity index (χ0n) is 8.11. The Balaban J connectivity index is 2.88. The van der Waals surface area contributed by atoms with Gasteiger partial charge in [0.1, 0.15) is 0 Å². The number of rotatable bonds is 1. The first-order chi connectivity index (χ1) is 6.61. The van der Waals surface area contributed by atoms with E-state index in [1.54, 1.807) is 12.1 Å². The summed E-state index contributed by atoms with van der Waals surface area (Å²) in [5, 5.41) is 9.78. The van der Waals surface area contributed by atoms with Gasteiger partial charge in [-0.05, 0) is 25.1 Å². The maximum Gasteiger partial charge on any atom is 0.336 e. The monoisotopic (exact) mass is 189 g/mol. The number of fused-ring (bicyclic) bond motifs is 1. The van der Waals surface area contributed by atoms with Crippen LogP contribution in [-0.4, -0.2) is 15.6 Å². The molecule has 1 aromatic carbocycles. The summed E-state index contributed by atoms with van der Waals surface area (Å²) >= 11 is 0. The molecule has 1 aromatic heterocycles. The van der Waals surface area contributed by atoms with Gasteiger partial charge in [0.2, 0.25) is 0 Å². The Morgan fingerprint density at radius 2 is 2.14 bits per heavy atom. The summed E-state index contributed by atoms with van der Waals surface area (Å²) < 4.78 is 1.99. The molecule has 0 bridgehead atoms. The first-order valence-electron chi connectivity index (χ1n) is 4.39. The summed E-state index contributed by atoms with van der Waals surface area (Å²) in [5.74, 6) is -0.874. The van der Waals surface area contributed by atoms with Gasteiger partial charge < -0.3 is 9.67 Å². The van der Waals surface area contributed by atoms with Crippen LogP contribution in [0.3, 0.4) is 0 Å². The summed E-state index contributed by atoms with van der Waals surface area (Å²) in [4.78, 5) is 10.9. The van der Waals surface area contributed by atoms with Crippen molar-refractivity contribution in [3.05, 3.63) is 35.5 Å². The second kappa shape index (κ2) is 2.87. The molecule has 0 aliphatic heterocycles. The average molecular weight is 189 g/mol. The molecule has 3 nitrogen and oxygen atoms in total. The van der Waals surface area contributed by atoms with Gasteiger partial charge in [-0.3, -0.25) is 0 Å². The van der Waals surface area contributed by atoms with Crippen LogP contribution in [0.4, 0.5) is 0 Å². The summed E-state index contributed by atoms with van der Waals surface area (Å²) in [6.07, 6.45) is 0. The molecule has 0 aliphatic rings. The Bertz CT molecular complexity index is 511. The van der Waals surface area contributed by atoms with Gasteiger partial charge in [-0.1, -0.05) is 6.07 Å². The van der Waals surface area contributed by atoms with E-state index in [2.05, 4.69) is 0 Å². The van der Waals surface area contributed by atoms with Crippen LogP contribution in [0.15, 0.2) is 24.3 Å². The molecule has 2 rings (SSSR count). The quantitative estimate of drug-likeness (QED) is 0.747. The van der Waals surface area contributed by atoms with Gasteiger partial charge in [-0.2, -0.15) is 0 Å². The van der Waals surface area contributed by atoms with Gasteiger partial charge in [-0.15, -0.1) is 0 Å². The predicted molar refractivity (Wildman–Crippen MR) is 54.6 cm³/mol. The van der Waals surface area contributed by atoms with Crippen molar-refractivity contribution in [2.24, 2.45) is 7.05 Å². The van der Waals surface area contributed by atoms with Crippen molar-refractivity contribution in [2.45, 2.75) is 6.92 Å². The molecule has 3 heteroatoms. The number of nitrogens with zero attached hydrogens (tertiary/aromatic N) is 1. The number of aromatic carboxylic acids is 1. The van der Waals surface area contributed by atoms with E-state index < -0.39 is 5.97 Å². The van der Waals surface area contributed by atoms with E-state index in [-0.39, 0.29) is 0 Å². The van der Waals surface area contributed by atoms with Crippen LogP contribution in [0.1, 0.15) is 16.1 Å². The lowest BCUT2D eigenvalue weighted by molar-refractivity contribution is 0.0699. The smallest absolute Gasteiger partial charge is 0.336 e. The molecule has 14 heavy (non-hydrogen) atoms. The van der Waals surface area contributed by atoms with Crippen LogP contribution in [-0.2, 0) is 7.05 Å².